The largest absolute Gasteiger partial charge is 0.353 e. The summed E-state index contributed by atoms with van der Waals surface area (Å²) in [7, 11) is 0. The van der Waals surface area contributed by atoms with Gasteiger partial charge in [0.15, 0.2) is 0 Å². The molecule has 0 aliphatic rings. The smallest absolute Gasteiger partial charge is 0.237 e. The maximum atomic E-state index is 11.5. The van der Waals surface area contributed by atoms with E-state index in [-0.39, 0.29) is 16.6 Å². The van der Waals surface area contributed by atoms with E-state index in [1.54, 1.807) is 11.8 Å². The molecule has 0 unspecified atom stereocenters. The van der Waals surface area contributed by atoms with Gasteiger partial charge in [-0.1, -0.05) is 13.8 Å². The molecule has 0 fully saturated rings. The molecule has 0 aromatic carbocycles. The molecule has 1 atom stereocenters. The van der Waals surface area contributed by atoms with Crippen molar-refractivity contribution in [2.24, 2.45) is 11.7 Å². The molecule has 14 heavy (non-hydrogen) atoms. The van der Waals surface area contributed by atoms with E-state index in [4.69, 9.17) is 5.73 Å². The van der Waals surface area contributed by atoms with Crippen LogP contribution < -0.4 is 11.1 Å². The van der Waals surface area contributed by atoms with E-state index in [1.807, 2.05) is 20.1 Å². The predicted octanol–water partition coefficient (Wildman–Crippen LogP) is 1.23. The Bertz CT molecular complexity index is 193. The molecule has 3 nitrogen and oxygen atoms in total. The quantitative estimate of drug-likeness (QED) is 0.729. The Morgan fingerprint density at radius 3 is 2.36 bits per heavy atom. The van der Waals surface area contributed by atoms with Crippen LogP contribution in [-0.2, 0) is 4.79 Å². The summed E-state index contributed by atoms with van der Waals surface area (Å²) >= 11 is 1.73. The molecule has 0 bridgehead atoms. The van der Waals surface area contributed by atoms with Crippen LogP contribution in [0.2, 0.25) is 0 Å². The molecule has 0 rings (SSSR count). The van der Waals surface area contributed by atoms with Gasteiger partial charge >= 0.3 is 0 Å². The van der Waals surface area contributed by atoms with Gasteiger partial charge in [0.05, 0.1) is 6.04 Å². The van der Waals surface area contributed by atoms with Crippen LogP contribution in [0.15, 0.2) is 0 Å². The first-order chi connectivity index (χ1) is 6.30. The third-order valence-corrected chi connectivity index (χ3v) is 3.51. The third kappa shape index (κ3) is 4.86. The first-order valence-corrected chi connectivity index (χ1v) is 6.11. The molecule has 0 spiro atoms. The molecule has 84 valence electrons. The summed E-state index contributed by atoms with van der Waals surface area (Å²) in [6, 6.07) is -0.396. The number of carbonyl (C=O) groups excluding carboxylic acids is 1. The summed E-state index contributed by atoms with van der Waals surface area (Å²) in [6.45, 7) is 8.75. The van der Waals surface area contributed by atoms with Crippen LogP contribution in [-0.4, -0.2) is 29.5 Å². The molecule has 0 radical (unpaired) electrons. The maximum absolute atomic E-state index is 11.5. The van der Waals surface area contributed by atoms with Gasteiger partial charge in [-0.25, -0.2) is 0 Å². The second-order valence-electron chi connectivity index (χ2n) is 4.45. The lowest BCUT2D eigenvalue weighted by molar-refractivity contribution is -0.123. The van der Waals surface area contributed by atoms with Gasteiger partial charge in [-0.3, -0.25) is 4.79 Å². The zero-order valence-corrected chi connectivity index (χ0v) is 10.6. The fourth-order valence-corrected chi connectivity index (χ4v) is 1.01. The van der Waals surface area contributed by atoms with Crippen molar-refractivity contribution in [1.29, 1.82) is 0 Å². The lowest BCUT2D eigenvalue weighted by Gasteiger charge is -2.24. The first kappa shape index (κ1) is 13.8. The van der Waals surface area contributed by atoms with Crippen molar-refractivity contribution < 1.29 is 4.79 Å². The molecule has 0 aromatic heterocycles. The number of nitrogens with two attached hydrogens (primary N) is 1. The maximum Gasteiger partial charge on any atom is 0.237 e. The van der Waals surface area contributed by atoms with Crippen LogP contribution in [0.25, 0.3) is 0 Å². The second-order valence-corrected chi connectivity index (χ2v) is 5.96. The predicted molar refractivity (Wildman–Crippen MR) is 63.4 cm³/mol. The zero-order chi connectivity index (χ0) is 11.4. The molecule has 4 heteroatoms. The molecule has 0 aliphatic heterocycles. The minimum absolute atomic E-state index is 0.0536. The molecular weight excluding hydrogens is 196 g/mol. The van der Waals surface area contributed by atoms with Gasteiger partial charge in [0.2, 0.25) is 5.91 Å². The van der Waals surface area contributed by atoms with Gasteiger partial charge in [-0.2, -0.15) is 11.8 Å². The van der Waals surface area contributed by atoms with E-state index >= 15 is 0 Å². The summed E-state index contributed by atoms with van der Waals surface area (Å²) < 4.78 is 0.0758. The van der Waals surface area contributed by atoms with Crippen LogP contribution in [0.4, 0.5) is 0 Å². The Balaban J connectivity index is 3.97. The third-order valence-electron chi connectivity index (χ3n) is 2.26. The van der Waals surface area contributed by atoms with E-state index in [1.165, 1.54) is 0 Å². The van der Waals surface area contributed by atoms with Crippen molar-refractivity contribution in [3.63, 3.8) is 0 Å². The van der Waals surface area contributed by atoms with Crippen molar-refractivity contribution in [1.82, 2.24) is 5.32 Å². The highest BCUT2D eigenvalue weighted by Gasteiger charge is 2.21. The standard InChI is InChI=1S/C10H22N2OS/c1-7(2)8(11)9(13)12-6-10(3,4)14-5/h7-8H,6,11H2,1-5H3,(H,12,13)/t8-/m1/s1. The second kappa shape index (κ2) is 5.61. The Morgan fingerprint density at radius 1 is 1.50 bits per heavy atom. The van der Waals surface area contributed by atoms with Crippen molar-refractivity contribution in [3.05, 3.63) is 0 Å². The molecule has 0 saturated heterocycles. The lowest BCUT2D eigenvalue weighted by Crippen LogP contribution is -2.47. The Morgan fingerprint density at radius 2 is 2.00 bits per heavy atom. The van der Waals surface area contributed by atoms with E-state index < -0.39 is 6.04 Å². The SMILES string of the molecule is CSC(C)(C)CNC(=O)[C@H](N)C(C)C. The topological polar surface area (TPSA) is 55.1 Å². The van der Waals surface area contributed by atoms with Gasteiger partial charge < -0.3 is 11.1 Å². The molecule has 0 saturated carbocycles. The Hall–Kier alpha value is -0.220. The number of thioether (sulfide) groups is 1. The molecule has 0 aromatic rings. The van der Waals surface area contributed by atoms with Gasteiger partial charge in [0.25, 0.3) is 0 Å². The minimum atomic E-state index is -0.396. The van der Waals surface area contributed by atoms with E-state index in [2.05, 4.69) is 19.2 Å². The van der Waals surface area contributed by atoms with Crippen molar-refractivity contribution in [2.75, 3.05) is 12.8 Å². The summed E-state index contributed by atoms with van der Waals surface area (Å²) in [4.78, 5) is 11.5. The number of hydrogen-bond acceptors (Lipinski definition) is 3. The summed E-state index contributed by atoms with van der Waals surface area (Å²) in [5.41, 5.74) is 5.71. The highest BCUT2D eigenvalue weighted by atomic mass is 32.2. The number of nitrogens with one attached hydrogen (secondary N) is 1. The van der Waals surface area contributed by atoms with Crippen LogP contribution >= 0.6 is 11.8 Å². The molecule has 0 aliphatic carbocycles. The van der Waals surface area contributed by atoms with Crippen LogP contribution in [0.1, 0.15) is 27.7 Å². The van der Waals surface area contributed by atoms with E-state index in [0.717, 1.165) is 0 Å². The number of hydrogen-bond donors (Lipinski definition) is 2. The lowest BCUT2D eigenvalue weighted by atomic mass is 10.0. The fourth-order valence-electron chi connectivity index (χ4n) is 0.793. The molecular formula is C10H22N2OS. The van der Waals surface area contributed by atoms with Crippen LogP contribution in [0.3, 0.4) is 0 Å². The van der Waals surface area contributed by atoms with Gasteiger partial charge in [-0.15, -0.1) is 0 Å². The van der Waals surface area contributed by atoms with E-state index in [9.17, 15) is 4.79 Å². The average molecular weight is 218 g/mol. The molecule has 1 amide bonds. The van der Waals surface area contributed by atoms with E-state index in [0.29, 0.717) is 6.54 Å². The first-order valence-electron chi connectivity index (χ1n) is 4.88. The summed E-state index contributed by atoms with van der Waals surface area (Å²) in [6.07, 6.45) is 2.04. The number of rotatable bonds is 5. The Labute approximate surface area is 91.2 Å². The van der Waals surface area contributed by atoms with Gasteiger partial charge in [0, 0.05) is 11.3 Å². The van der Waals surface area contributed by atoms with Gasteiger partial charge in [0.1, 0.15) is 0 Å². The van der Waals surface area contributed by atoms with Crippen molar-refractivity contribution >= 4 is 17.7 Å². The normalized spacial score (nSPS) is 14.2. The number of amides is 1. The number of carbonyl (C=O) groups is 1. The summed E-state index contributed by atoms with van der Waals surface area (Å²) in [5, 5.41) is 2.87. The van der Waals surface area contributed by atoms with Crippen LogP contribution in [0.5, 0.6) is 0 Å². The van der Waals surface area contributed by atoms with Crippen LogP contribution in [0, 0.1) is 5.92 Å². The highest BCUT2D eigenvalue weighted by Crippen LogP contribution is 2.19. The minimum Gasteiger partial charge on any atom is -0.353 e. The fraction of sp³-hybridized carbons (Fsp3) is 0.900. The van der Waals surface area contributed by atoms with Gasteiger partial charge in [-0.05, 0) is 26.0 Å². The van der Waals surface area contributed by atoms with Crippen molar-refractivity contribution in [2.45, 2.75) is 38.5 Å². The highest BCUT2D eigenvalue weighted by molar-refractivity contribution is 7.99. The Kier molecular flexibility index (Phi) is 5.52. The zero-order valence-electron chi connectivity index (χ0n) is 9.76. The molecule has 0 heterocycles. The monoisotopic (exact) mass is 218 g/mol. The average Bonchev–Trinajstić information content (AvgIpc) is 2.13. The molecule has 3 N–H and O–H groups in total. The van der Waals surface area contributed by atoms with Crippen molar-refractivity contribution in [3.8, 4) is 0 Å². The summed E-state index contributed by atoms with van der Waals surface area (Å²) in [5.74, 6) is 0.134.